The minimum Gasteiger partial charge on any atom is -0.462 e. The van der Waals surface area contributed by atoms with Crippen LogP contribution in [0.2, 0.25) is 0 Å². The van der Waals surface area contributed by atoms with Crippen LogP contribution < -0.4 is 10.2 Å². The molecule has 1 spiro atoms. The molecule has 0 aromatic heterocycles. The number of nitrogens with zero attached hydrogens (tertiary/aromatic N) is 2. The van der Waals surface area contributed by atoms with Crippen LogP contribution in [0.1, 0.15) is 37.7 Å². The second kappa shape index (κ2) is 6.55. The molecular formula is C22H29N3O2. The van der Waals surface area contributed by atoms with Gasteiger partial charge in [-0.25, -0.2) is 0 Å². The molecule has 1 aliphatic carbocycles. The first-order valence-electron chi connectivity index (χ1n) is 10.4. The van der Waals surface area contributed by atoms with Gasteiger partial charge < -0.3 is 15.0 Å². The number of esters is 1. The summed E-state index contributed by atoms with van der Waals surface area (Å²) in [4.78, 5) is 17.1. The fourth-order valence-corrected chi connectivity index (χ4v) is 5.08. The average Bonchev–Trinajstić information content (AvgIpc) is 3.18. The van der Waals surface area contributed by atoms with Crippen molar-refractivity contribution >= 4 is 17.3 Å². The first kappa shape index (κ1) is 17.1. The summed E-state index contributed by atoms with van der Waals surface area (Å²) in [6, 6.07) is 6.71. The van der Waals surface area contributed by atoms with E-state index in [9.17, 15) is 4.79 Å². The summed E-state index contributed by atoms with van der Waals surface area (Å²) >= 11 is 0. The highest BCUT2D eigenvalue weighted by Crippen LogP contribution is 2.50. The number of anilines is 2. The minimum atomic E-state index is -0.0862. The molecule has 1 aromatic carbocycles. The van der Waals surface area contributed by atoms with Crippen LogP contribution in [0.25, 0.3) is 0 Å². The molecule has 5 nitrogen and oxygen atoms in total. The van der Waals surface area contributed by atoms with Gasteiger partial charge in [-0.1, -0.05) is 13.0 Å². The number of rotatable bonds is 4. The van der Waals surface area contributed by atoms with Crippen molar-refractivity contribution in [2.45, 2.75) is 44.6 Å². The molecule has 144 valence electrons. The number of hydrogen-bond donors (Lipinski definition) is 1. The van der Waals surface area contributed by atoms with E-state index in [1.54, 1.807) is 0 Å². The number of hydrogen-bond acceptors (Lipinski definition) is 5. The van der Waals surface area contributed by atoms with E-state index < -0.39 is 0 Å². The van der Waals surface area contributed by atoms with Gasteiger partial charge in [0.05, 0.1) is 5.41 Å². The van der Waals surface area contributed by atoms with Crippen molar-refractivity contribution in [1.29, 1.82) is 0 Å². The first-order valence-corrected chi connectivity index (χ1v) is 10.4. The van der Waals surface area contributed by atoms with E-state index in [2.05, 4.69) is 39.9 Å². The number of ether oxygens (including phenoxy) is 1. The Morgan fingerprint density at radius 1 is 1.22 bits per heavy atom. The summed E-state index contributed by atoms with van der Waals surface area (Å²) < 4.78 is 5.66. The lowest BCUT2D eigenvalue weighted by Gasteiger charge is -2.36. The Morgan fingerprint density at radius 2 is 2.04 bits per heavy atom. The highest BCUT2D eigenvalue weighted by atomic mass is 16.6. The zero-order valence-electron chi connectivity index (χ0n) is 16.0. The SMILES string of the molecule is C=C1Cc2cc(N3CCN(CCC4CC5(CCC5)C(=O)O4)CC3)ccc2N1. The number of piperazine rings is 1. The molecule has 0 radical (unpaired) electrons. The summed E-state index contributed by atoms with van der Waals surface area (Å²) in [7, 11) is 0. The Morgan fingerprint density at radius 3 is 2.74 bits per heavy atom. The van der Waals surface area contributed by atoms with Crippen LogP contribution in [-0.2, 0) is 16.0 Å². The molecule has 3 heterocycles. The van der Waals surface area contributed by atoms with Crippen molar-refractivity contribution in [2.75, 3.05) is 42.9 Å². The minimum absolute atomic E-state index is 0.0809. The summed E-state index contributed by atoms with van der Waals surface area (Å²) in [6.07, 6.45) is 6.31. The molecule has 2 saturated heterocycles. The standard InChI is InChI=1S/C22H29N3O2/c1-16-13-17-14-18(3-4-20(17)23-16)25-11-9-24(10-12-25)8-5-19-15-22(6-2-7-22)21(26)27-19/h3-4,14,19,23H,1-2,5-13,15H2. The van der Waals surface area contributed by atoms with Gasteiger partial charge in [-0.3, -0.25) is 9.69 Å². The van der Waals surface area contributed by atoms with E-state index in [1.807, 2.05) is 0 Å². The molecule has 1 unspecified atom stereocenters. The number of nitrogens with one attached hydrogen (secondary N) is 1. The van der Waals surface area contributed by atoms with Gasteiger partial charge in [0.2, 0.25) is 0 Å². The van der Waals surface area contributed by atoms with Crippen molar-refractivity contribution in [1.82, 2.24) is 4.90 Å². The third-order valence-corrected chi connectivity index (χ3v) is 6.94. The van der Waals surface area contributed by atoms with Crippen molar-refractivity contribution in [3.63, 3.8) is 0 Å². The fraction of sp³-hybridized carbons (Fsp3) is 0.591. The van der Waals surface area contributed by atoms with E-state index in [-0.39, 0.29) is 17.5 Å². The molecule has 1 N–H and O–H groups in total. The van der Waals surface area contributed by atoms with Crippen LogP contribution in [0.3, 0.4) is 0 Å². The van der Waals surface area contributed by atoms with E-state index in [4.69, 9.17) is 4.74 Å². The highest BCUT2D eigenvalue weighted by molar-refractivity contribution is 5.80. The van der Waals surface area contributed by atoms with E-state index in [0.29, 0.717) is 0 Å². The van der Waals surface area contributed by atoms with Gasteiger partial charge in [-0.2, -0.15) is 0 Å². The smallest absolute Gasteiger partial charge is 0.312 e. The maximum Gasteiger partial charge on any atom is 0.312 e. The summed E-state index contributed by atoms with van der Waals surface area (Å²) in [6.45, 7) is 9.34. The molecule has 3 aliphatic heterocycles. The second-order valence-electron chi connectivity index (χ2n) is 8.73. The third-order valence-electron chi connectivity index (χ3n) is 6.94. The average molecular weight is 367 g/mol. The summed E-state index contributed by atoms with van der Waals surface area (Å²) in [5, 5.41) is 3.34. The Labute approximate surface area is 161 Å². The Hall–Kier alpha value is -2.01. The maximum atomic E-state index is 12.1. The van der Waals surface area contributed by atoms with Gasteiger partial charge in [-0.15, -0.1) is 0 Å². The Bertz CT molecular complexity index is 763. The lowest BCUT2D eigenvalue weighted by molar-refractivity contribution is -0.152. The first-order chi connectivity index (χ1) is 13.1. The summed E-state index contributed by atoms with van der Waals surface area (Å²) in [5.41, 5.74) is 4.88. The van der Waals surface area contributed by atoms with Crippen LogP contribution in [-0.4, -0.2) is 49.7 Å². The predicted octanol–water partition coefficient (Wildman–Crippen LogP) is 3.17. The van der Waals surface area contributed by atoms with E-state index in [1.165, 1.54) is 23.4 Å². The molecule has 5 rings (SSSR count). The Balaban J connectivity index is 1.11. The topological polar surface area (TPSA) is 44.8 Å². The molecule has 5 heteroatoms. The van der Waals surface area contributed by atoms with Gasteiger partial charge >= 0.3 is 5.97 Å². The van der Waals surface area contributed by atoms with Crippen LogP contribution in [0, 0.1) is 5.41 Å². The molecular weight excluding hydrogens is 338 g/mol. The molecule has 1 aromatic rings. The van der Waals surface area contributed by atoms with Crippen LogP contribution in [0.5, 0.6) is 0 Å². The maximum absolute atomic E-state index is 12.1. The molecule has 4 aliphatic rings. The van der Waals surface area contributed by atoms with Gasteiger partial charge in [0, 0.05) is 62.6 Å². The van der Waals surface area contributed by atoms with Crippen LogP contribution in [0.4, 0.5) is 11.4 Å². The van der Waals surface area contributed by atoms with Crippen molar-refractivity contribution in [3.05, 3.63) is 36.0 Å². The van der Waals surface area contributed by atoms with Crippen molar-refractivity contribution in [2.24, 2.45) is 5.41 Å². The number of carbonyl (C=O) groups is 1. The molecule has 1 saturated carbocycles. The quantitative estimate of drug-likeness (QED) is 0.828. The van der Waals surface area contributed by atoms with Gasteiger partial charge in [0.1, 0.15) is 6.10 Å². The van der Waals surface area contributed by atoms with Crippen molar-refractivity contribution in [3.8, 4) is 0 Å². The third kappa shape index (κ3) is 3.12. The van der Waals surface area contributed by atoms with E-state index in [0.717, 1.165) is 70.5 Å². The molecule has 27 heavy (non-hydrogen) atoms. The highest BCUT2D eigenvalue weighted by Gasteiger charge is 2.52. The lowest BCUT2D eigenvalue weighted by Crippen LogP contribution is -2.47. The van der Waals surface area contributed by atoms with Crippen LogP contribution >= 0.6 is 0 Å². The fourth-order valence-electron chi connectivity index (χ4n) is 5.08. The molecule has 0 amide bonds. The second-order valence-corrected chi connectivity index (χ2v) is 8.73. The van der Waals surface area contributed by atoms with Gasteiger partial charge in [0.25, 0.3) is 0 Å². The molecule has 3 fully saturated rings. The zero-order chi connectivity index (χ0) is 18.4. The number of fused-ring (bicyclic) bond motifs is 1. The van der Waals surface area contributed by atoms with Gasteiger partial charge in [-0.05, 0) is 43.0 Å². The molecule has 0 bridgehead atoms. The van der Waals surface area contributed by atoms with Gasteiger partial charge in [0.15, 0.2) is 0 Å². The number of allylic oxidation sites excluding steroid dienone is 1. The summed E-state index contributed by atoms with van der Waals surface area (Å²) in [5.74, 6) is 0.0809. The molecule has 1 atom stereocenters. The normalized spacial score (nSPS) is 26.7. The van der Waals surface area contributed by atoms with Crippen molar-refractivity contribution < 1.29 is 9.53 Å². The lowest BCUT2D eigenvalue weighted by atomic mass is 9.67. The number of carbonyl (C=O) groups excluding carboxylic acids is 1. The Kier molecular flexibility index (Phi) is 4.15. The monoisotopic (exact) mass is 367 g/mol. The predicted molar refractivity (Wildman–Crippen MR) is 107 cm³/mol. The zero-order valence-corrected chi connectivity index (χ0v) is 16.0. The largest absolute Gasteiger partial charge is 0.462 e. The van der Waals surface area contributed by atoms with Crippen LogP contribution in [0.15, 0.2) is 30.5 Å². The number of cyclic esters (lactones) is 1. The number of benzene rings is 1. The van der Waals surface area contributed by atoms with E-state index >= 15 is 0 Å².